The first-order valence-electron chi connectivity index (χ1n) is 7.65. The van der Waals surface area contributed by atoms with Gasteiger partial charge in [0.25, 0.3) is 0 Å². The number of fused-ring (bicyclic) bond motifs is 1. The molecule has 1 saturated heterocycles. The molecule has 1 aliphatic rings. The van der Waals surface area contributed by atoms with Gasteiger partial charge in [-0.15, -0.1) is 0 Å². The number of hydrogen-bond acceptors (Lipinski definition) is 5. The Balaban J connectivity index is 2.05. The predicted molar refractivity (Wildman–Crippen MR) is 81.0 cm³/mol. The summed E-state index contributed by atoms with van der Waals surface area (Å²) < 4.78 is 1.70. The number of carboxylic acid groups (broad SMARTS) is 1. The Morgan fingerprint density at radius 2 is 2.09 bits per heavy atom. The van der Waals surface area contributed by atoms with E-state index in [4.69, 9.17) is 0 Å². The van der Waals surface area contributed by atoms with Gasteiger partial charge in [0.2, 0.25) is 0 Å². The highest BCUT2D eigenvalue weighted by molar-refractivity contribution is 5.97. The van der Waals surface area contributed by atoms with Gasteiger partial charge in [-0.2, -0.15) is 5.10 Å². The molecule has 7 nitrogen and oxygen atoms in total. The number of pyridine rings is 1. The van der Waals surface area contributed by atoms with Gasteiger partial charge >= 0.3 is 0 Å². The van der Waals surface area contributed by atoms with Crippen molar-refractivity contribution in [1.29, 1.82) is 0 Å². The van der Waals surface area contributed by atoms with Crippen molar-refractivity contribution in [2.24, 2.45) is 7.05 Å². The Bertz CT molecular complexity index is 716. The summed E-state index contributed by atoms with van der Waals surface area (Å²) in [7, 11) is 1.82. The van der Waals surface area contributed by atoms with Crippen LogP contribution in [0.15, 0.2) is 6.07 Å². The van der Waals surface area contributed by atoms with E-state index in [2.05, 4.69) is 17.0 Å². The lowest BCUT2D eigenvalue weighted by atomic mass is 10.1. The van der Waals surface area contributed by atoms with Gasteiger partial charge in [-0.05, 0) is 19.9 Å². The highest BCUT2D eigenvalue weighted by Crippen LogP contribution is 2.25. The molecule has 0 amide bonds. The third-order valence-electron chi connectivity index (χ3n) is 4.47. The molecule has 0 bridgehead atoms. The van der Waals surface area contributed by atoms with Crippen molar-refractivity contribution < 1.29 is 14.8 Å². The second-order valence-electron chi connectivity index (χ2n) is 5.82. The fraction of sp³-hybridized carbons (Fsp3) is 0.533. The van der Waals surface area contributed by atoms with Crippen molar-refractivity contribution in [1.82, 2.24) is 14.8 Å². The van der Waals surface area contributed by atoms with Gasteiger partial charge in [-0.3, -0.25) is 4.68 Å². The summed E-state index contributed by atoms with van der Waals surface area (Å²) in [5, 5.41) is 16.6. The molecule has 0 spiro atoms. The lowest BCUT2D eigenvalue weighted by molar-refractivity contribution is -0.898. The maximum Gasteiger partial charge on any atom is 0.160 e. The largest absolute Gasteiger partial charge is 0.545 e. The van der Waals surface area contributed by atoms with Gasteiger partial charge in [0.1, 0.15) is 5.82 Å². The van der Waals surface area contributed by atoms with Crippen molar-refractivity contribution in [2.75, 3.05) is 37.6 Å². The number of anilines is 1. The maximum atomic E-state index is 11.5. The van der Waals surface area contributed by atoms with Crippen LogP contribution in [0.2, 0.25) is 0 Å². The minimum absolute atomic E-state index is 0.156. The van der Waals surface area contributed by atoms with Crippen LogP contribution in [0.4, 0.5) is 5.82 Å². The van der Waals surface area contributed by atoms with Crippen LogP contribution in [0, 0.1) is 6.92 Å². The topological polar surface area (TPSA) is 78.5 Å². The van der Waals surface area contributed by atoms with Crippen molar-refractivity contribution in [3.8, 4) is 0 Å². The van der Waals surface area contributed by atoms with E-state index in [9.17, 15) is 9.90 Å². The Labute approximate surface area is 129 Å². The van der Waals surface area contributed by atoms with E-state index < -0.39 is 5.97 Å². The average Bonchev–Trinajstić information content (AvgIpc) is 2.80. The number of aromatic nitrogens is 3. The first-order chi connectivity index (χ1) is 10.5. The number of aryl methyl sites for hydroxylation is 2. The zero-order valence-electron chi connectivity index (χ0n) is 13.2. The molecule has 7 heteroatoms. The molecule has 0 radical (unpaired) electrons. The van der Waals surface area contributed by atoms with Crippen molar-refractivity contribution >= 4 is 22.8 Å². The zero-order valence-corrected chi connectivity index (χ0v) is 13.2. The van der Waals surface area contributed by atoms with Crippen LogP contribution < -0.4 is 14.9 Å². The normalized spacial score (nSPS) is 16.4. The van der Waals surface area contributed by atoms with E-state index in [-0.39, 0.29) is 5.56 Å². The van der Waals surface area contributed by atoms with Crippen LogP contribution >= 0.6 is 0 Å². The minimum atomic E-state index is -1.18. The molecule has 1 fully saturated rings. The molecule has 1 aliphatic heterocycles. The number of nitrogens with zero attached hydrogens (tertiary/aromatic N) is 4. The lowest BCUT2D eigenvalue weighted by Crippen LogP contribution is -3.14. The van der Waals surface area contributed by atoms with Crippen LogP contribution in [0.25, 0.3) is 11.0 Å². The molecule has 0 atom stereocenters. The van der Waals surface area contributed by atoms with E-state index >= 15 is 0 Å². The Morgan fingerprint density at radius 3 is 2.68 bits per heavy atom. The van der Waals surface area contributed by atoms with Crippen molar-refractivity contribution in [3.05, 3.63) is 17.3 Å². The molecule has 2 aromatic rings. The number of carbonyl (C=O) groups is 1. The summed E-state index contributed by atoms with van der Waals surface area (Å²) in [6, 6.07) is 1.65. The Kier molecular flexibility index (Phi) is 3.74. The van der Waals surface area contributed by atoms with E-state index in [1.165, 1.54) is 4.90 Å². The quantitative estimate of drug-likeness (QED) is 0.736. The highest BCUT2D eigenvalue weighted by atomic mass is 16.4. The smallest absolute Gasteiger partial charge is 0.160 e. The number of hydrogen-bond donors (Lipinski definition) is 1. The number of nitrogens with one attached hydrogen (secondary N) is 1. The molecule has 3 heterocycles. The number of likely N-dealkylation sites (N-methyl/N-ethyl adjacent to an activating group) is 1. The monoisotopic (exact) mass is 303 g/mol. The zero-order chi connectivity index (χ0) is 15.9. The summed E-state index contributed by atoms with van der Waals surface area (Å²) in [6.07, 6.45) is 0. The van der Waals surface area contributed by atoms with E-state index in [1.807, 2.05) is 18.9 Å². The summed E-state index contributed by atoms with van der Waals surface area (Å²) in [5.41, 5.74) is 1.64. The summed E-state index contributed by atoms with van der Waals surface area (Å²) in [6.45, 7) is 8.71. The van der Waals surface area contributed by atoms with Gasteiger partial charge < -0.3 is 19.7 Å². The fourth-order valence-electron chi connectivity index (χ4n) is 3.11. The van der Waals surface area contributed by atoms with E-state index in [0.29, 0.717) is 11.5 Å². The standard InChI is InChI=1S/C15H21N5O2/c1-4-19-5-7-20(8-6-19)14-12(15(21)22)9-11-10(2)17-18(3)13(11)16-14/h9H,4-8H2,1-3H3,(H,21,22). The number of piperazine rings is 1. The third kappa shape index (κ3) is 2.41. The number of carbonyl (C=O) groups excluding carboxylic acids is 1. The molecule has 0 aliphatic carbocycles. The molecule has 1 N–H and O–H groups in total. The molecular formula is C15H21N5O2. The van der Waals surface area contributed by atoms with Crippen LogP contribution in [-0.4, -0.2) is 53.5 Å². The van der Waals surface area contributed by atoms with Crippen LogP contribution in [0.3, 0.4) is 0 Å². The first kappa shape index (κ1) is 14.8. The molecule has 0 saturated carbocycles. The molecule has 22 heavy (non-hydrogen) atoms. The Morgan fingerprint density at radius 1 is 1.41 bits per heavy atom. The first-order valence-corrected chi connectivity index (χ1v) is 7.65. The Hall–Kier alpha value is -2.15. The highest BCUT2D eigenvalue weighted by Gasteiger charge is 2.23. The second kappa shape index (κ2) is 5.57. The van der Waals surface area contributed by atoms with Gasteiger partial charge in [-0.25, -0.2) is 4.98 Å². The molecule has 0 aromatic carbocycles. The molecule has 2 aromatic heterocycles. The van der Waals surface area contributed by atoms with Gasteiger partial charge in [0, 0.05) is 18.0 Å². The van der Waals surface area contributed by atoms with Crippen molar-refractivity contribution in [2.45, 2.75) is 13.8 Å². The number of rotatable bonds is 3. The third-order valence-corrected chi connectivity index (χ3v) is 4.47. The van der Waals surface area contributed by atoms with Crippen LogP contribution in [-0.2, 0) is 7.05 Å². The van der Waals surface area contributed by atoms with Gasteiger partial charge in [0.05, 0.1) is 44.4 Å². The second-order valence-corrected chi connectivity index (χ2v) is 5.82. The molecule has 3 rings (SSSR count). The van der Waals surface area contributed by atoms with Crippen LogP contribution in [0.1, 0.15) is 23.0 Å². The number of aromatic carboxylic acids is 1. The molecule has 0 unspecified atom stereocenters. The van der Waals surface area contributed by atoms with E-state index in [0.717, 1.165) is 43.8 Å². The van der Waals surface area contributed by atoms with Crippen LogP contribution in [0.5, 0.6) is 0 Å². The maximum absolute atomic E-state index is 11.5. The SMILES string of the molecule is CC[NH+]1CCN(c2nc3c(cc2C(=O)[O-])c(C)nn3C)CC1. The van der Waals surface area contributed by atoms with Crippen molar-refractivity contribution in [3.63, 3.8) is 0 Å². The number of carboxylic acids is 1. The minimum Gasteiger partial charge on any atom is -0.545 e. The predicted octanol–water partition coefficient (Wildman–Crippen LogP) is -1.63. The van der Waals surface area contributed by atoms with E-state index in [1.54, 1.807) is 10.7 Å². The molecule has 118 valence electrons. The average molecular weight is 303 g/mol. The van der Waals surface area contributed by atoms with Gasteiger partial charge in [0.15, 0.2) is 5.65 Å². The fourth-order valence-corrected chi connectivity index (χ4v) is 3.11. The van der Waals surface area contributed by atoms with Gasteiger partial charge in [-0.1, -0.05) is 0 Å². The summed E-state index contributed by atoms with van der Waals surface area (Å²) in [5.74, 6) is -0.677. The summed E-state index contributed by atoms with van der Waals surface area (Å²) >= 11 is 0. The summed E-state index contributed by atoms with van der Waals surface area (Å²) in [4.78, 5) is 19.7. The molecular weight excluding hydrogens is 282 g/mol. The lowest BCUT2D eigenvalue weighted by Gasteiger charge is -2.33. The number of quaternary nitrogens is 1.